The molecule has 0 heterocycles. The summed E-state index contributed by atoms with van der Waals surface area (Å²) in [6.45, 7) is 6.79. The van der Waals surface area contributed by atoms with Crippen molar-refractivity contribution in [3.05, 3.63) is 67.3 Å². The van der Waals surface area contributed by atoms with E-state index in [2.05, 4.69) is 30.0 Å². The number of hydrogen-bond acceptors (Lipinski definition) is 2. The number of ether oxygens (including phenoxy) is 1. The lowest BCUT2D eigenvalue weighted by Gasteiger charge is -1.96. The molecule has 0 amide bonds. The van der Waals surface area contributed by atoms with E-state index in [1.54, 1.807) is 0 Å². The molecule has 0 radical (unpaired) electrons. The number of methoxy groups -OCH3 is 1. The van der Waals surface area contributed by atoms with E-state index in [-0.39, 0.29) is 0 Å². The van der Waals surface area contributed by atoms with Gasteiger partial charge in [0.25, 0.3) is 0 Å². The first-order valence-electron chi connectivity index (χ1n) is 7.25. The Bertz CT molecular complexity index is 462. The molecule has 2 atom stereocenters. The third-order valence-corrected chi connectivity index (χ3v) is 3.57. The smallest absolute Gasteiger partial charge is 0.329 e. The molecule has 0 saturated heterocycles. The number of fused-ring (bicyclic) bond motifs is 2. The third-order valence-electron chi connectivity index (χ3n) is 3.57. The maximum atomic E-state index is 9.84. The zero-order valence-corrected chi connectivity index (χ0v) is 12.7. The first-order valence-corrected chi connectivity index (χ1v) is 7.25. The lowest BCUT2D eigenvalue weighted by molar-refractivity contribution is -0.134. The maximum absolute atomic E-state index is 9.84. The Morgan fingerprint density at radius 1 is 1.14 bits per heavy atom. The first-order chi connectivity index (χ1) is 10.2. The van der Waals surface area contributed by atoms with E-state index in [1.165, 1.54) is 31.9 Å². The molecule has 1 aromatic rings. The maximum Gasteiger partial charge on any atom is 0.329 e. The highest BCUT2D eigenvalue weighted by Crippen LogP contribution is 2.38. The Hall–Kier alpha value is -2.09. The van der Waals surface area contributed by atoms with Crippen molar-refractivity contribution in [1.29, 1.82) is 0 Å². The summed E-state index contributed by atoms with van der Waals surface area (Å²) in [5, 5.41) is 0. The molecule has 2 heteroatoms. The number of hydrogen-bond donors (Lipinski definition) is 0. The van der Waals surface area contributed by atoms with Gasteiger partial charge in [0.2, 0.25) is 0 Å². The van der Waals surface area contributed by atoms with Crippen LogP contribution >= 0.6 is 0 Å². The molecule has 2 unspecified atom stereocenters. The Kier molecular flexibility index (Phi) is 7.88. The van der Waals surface area contributed by atoms with Crippen LogP contribution in [0, 0.1) is 11.8 Å². The summed E-state index contributed by atoms with van der Waals surface area (Å²) >= 11 is 0. The van der Waals surface area contributed by atoms with Gasteiger partial charge in [-0.15, -0.1) is 0 Å². The summed E-state index contributed by atoms with van der Waals surface area (Å²) in [6, 6.07) is 10.0. The lowest BCUT2D eigenvalue weighted by Crippen LogP contribution is -1.91. The van der Waals surface area contributed by atoms with Crippen molar-refractivity contribution in [1.82, 2.24) is 0 Å². The molecule has 0 aliphatic heterocycles. The standard InChI is InChI=1S/C8H8.C7H10.C4H6O2/c1-2-8-6-4-3-5-7-8;1-2-7-4-3-6(1)5-7;1-3-4(5)6-2/h2-7H,1H2;1-2,6-7H,3-5H2;3H,1H2,2H3. The summed E-state index contributed by atoms with van der Waals surface area (Å²) in [6.07, 6.45) is 12.1. The van der Waals surface area contributed by atoms with Crippen molar-refractivity contribution >= 4 is 12.0 Å². The van der Waals surface area contributed by atoms with E-state index < -0.39 is 5.97 Å². The van der Waals surface area contributed by atoms with Crippen LogP contribution in [0.2, 0.25) is 0 Å². The fraction of sp³-hybridized carbons (Fsp3) is 0.316. The van der Waals surface area contributed by atoms with Crippen LogP contribution in [-0.4, -0.2) is 13.1 Å². The van der Waals surface area contributed by atoms with Crippen LogP contribution < -0.4 is 0 Å². The van der Waals surface area contributed by atoms with E-state index in [4.69, 9.17) is 0 Å². The largest absolute Gasteiger partial charge is 0.466 e. The molecule has 1 saturated carbocycles. The molecular formula is C19H24O2. The summed E-state index contributed by atoms with van der Waals surface area (Å²) in [4.78, 5) is 9.84. The molecule has 0 N–H and O–H groups in total. The molecule has 1 aromatic carbocycles. The van der Waals surface area contributed by atoms with E-state index in [1.807, 2.05) is 36.4 Å². The van der Waals surface area contributed by atoms with Crippen molar-refractivity contribution < 1.29 is 9.53 Å². The molecule has 2 aliphatic carbocycles. The van der Waals surface area contributed by atoms with Crippen molar-refractivity contribution in [2.75, 3.05) is 7.11 Å². The Morgan fingerprint density at radius 2 is 1.71 bits per heavy atom. The predicted octanol–water partition coefficient (Wildman–Crippen LogP) is 4.65. The fourth-order valence-corrected chi connectivity index (χ4v) is 2.39. The Balaban J connectivity index is 0.000000160. The molecule has 2 nitrogen and oxygen atoms in total. The normalized spacial score (nSPS) is 20.4. The molecule has 0 aromatic heterocycles. The predicted molar refractivity (Wildman–Crippen MR) is 88.7 cm³/mol. The lowest BCUT2D eigenvalue weighted by atomic mass is 10.1. The van der Waals surface area contributed by atoms with Gasteiger partial charge in [0.1, 0.15) is 0 Å². The zero-order chi connectivity index (χ0) is 15.5. The van der Waals surface area contributed by atoms with Gasteiger partial charge in [0.05, 0.1) is 7.11 Å². The monoisotopic (exact) mass is 284 g/mol. The van der Waals surface area contributed by atoms with Crippen LogP contribution in [0.3, 0.4) is 0 Å². The summed E-state index contributed by atoms with van der Waals surface area (Å²) in [5.74, 6) is 1.59. The molecule has 0 spiro atoms. The van der Waals surface area contributed by atoms with E-state index >= 15 is 0 Å². The van der Waals surface area contributed by atoms with Crippen molar-refractivity contribution in [3.8, 4) is 0 Å². The zero-order valence-electron chi connectivity index (χ0n) is 12.7. The highest BCUT2D eigenvalue weighted by molar-refractivity contribution is 5.80. The van der Waals surface area contributed by atoms with E-state index in [0.29, 0.717) is 0 Å². The molecule has 1 fully saturated rings. The number of esters is 1. The quantitative estimate of drug-likeness (QED) is 0.449. The Morgan fingerprint density at radius 3 is 1.90 bits per heavy atom. The van der Waals surface area contributed by atoms with Gasteiger partial charge in [-0.1, -0.05) is 61.7 Å². The average Bonchev–Trinajstić information content (AvgIpc) is 3.21. The number of carbonyl (C=O) groups is 1. The minimum atomic E-state index is -0.394. The number of allylic oxidation sites excluding steroid dienone is 2. The summed E-state index contributed by atoms with van der Waals surface area (Å²) in [7, 11) is 1.31. The van der Waals surface area contributed by atoms with Gasteiger partial charge in [0, 0.05) is 6.08 Å². The molecule has 112 valence electrons. The van der Waals surface area contributed by atoms with Gasteiger partial charge in [-0.2, -0.15) is 0 Å². The van der Waals surface area contributed by atoms with Gasteiger partial charge in [-0.05, 0) is 36.7 Å². The van der Waals surface area contributed by atoms with Gasteiger partial charge in [-0.3, -0.25) is 0 Å². The highest BCUT2D eigenvalue weighted by Gasteiger charge is 2.25. The fourth-order valence-electron chi connectivity index (χ4n) is 2.39. The van der Waals surface area contributed by atoms with Gasteiger partial charge in [0.15, 0.2) is 0 Å². The van der Waals surface area contributed by atoms with E-state index in [9.17, 15) is 4.79 Å². The molecule has 2 bridgehead atoms. The van der Waals surface area contributed by atoms with Crippen LogP contribution in [0.5, 0.6) is 0 Å². The van der Waals surface area contributed by atoms with Crippen molar-refractivity contribution in [2.45, 2.75) is 19.3 Å². The summed E-state index contributed by atoms with van der Waals surface area (Å²) < 4.78 is 4.14. The second-order valence-electron chi connectivity index (χ2n) is 5.06. The van der Waals surface area contributed by atoms with Gasteiger partial charge < -0.3 is 4.74 Å². The van der Waals surface area contributed by atoms with Crippen molar-refractivity contribution in [2.24, 2.45) is 11.8 Å². The van der Waals surface area contributed by atoms with E-state index in [0.717, 1.165) is 17.9 Å². The molecule has 3 rings (SSSR count). The highest BCUT2D eigenvalue weighted by atomic mass is 16.5. The van der Waals surface area contributed by atoms with Crippen LogP contribution in [0.15, 0.2) is 61.7 Å². The van der Waals surface area contributed by atoms with Gasteiger partial charge in [-0.25, -0.2) is 4.79 Å². The van der Waals surface area contributed by atoms with Crippen LogP contribution in [0.4, 0.5) is 0 Å². The van der Waals surface area contributed by atoms with Crippen LogP contribution in [0.25, 0.3) is 6.08 Å². The van der Waals surface area contributed by atoms with Crippen LogP contribution in [-0.2, 0) is 9.53 Å². The first kappa shape index (κ1) is 17.0. The third kappa shape index (κ3) is 6.75. The Labute approximate surface area is 127 Å². The molecule has 2 aliphatic rings. The van der Waals surface area contributed by atoms with Crippen LogP contribution in [0.1, 0.15) is 24.8 Å². The number of rotatable bonds is 2. The minimum absolute atomic E-state index is 0.394. The SMILES string of the molecule is C1=CC2CCC1C2.C=CC(=O)OC.C=Cc1ccccc1. The minimum Gasteiger partial charge on any atom is -0.466 e. The second kappa shape index (κ2) is 9.76. The summed E-state index contributed by atoms with van der Waals surface area (Å²) in [5.41, 5.74) is 1.17. The molecule has 21 heavy (non-hydrogen) atoms. The molecular weight excluding hydrogens is 260 g/mol. The van der Waals surface area contributed by atoms with Gasteiger partial charge >= 0.3 is 5.97 Å². The second-order valence-corrected chi connectivity index (χ2v) is 5.06. The average molecular weight is 284 g/mol. The number of carbonyl (C=O) groups excluding carboxylic acids is 1. The van der Waals surface area contributed by atoms with Crippen molar-refractivity contribution in [3.63, 3.8) is 0 Å². The number of benzene rings is 1. The topological polar surface area (TPSA) is 26.3 Å².